The second-order valence-electron chi connectivity index (χ2n) is 3.76. The average Bonchev–Trinajstić information content (AvgIpc) is 2.35. The number of carbonyl (C=O) groups excluding carboxylic acids is 1. The van der Waals surface area contributed by atoms with E-state index in [0.717, 1.165) is 6.07 Å². The van der Waals surface area contributed by atoms with Gasteiger partial charge in [-0.1, -0.05) is 6.08 Å². The summed E-state index contributed by atoms with van der Waals surface area (Å²) in [5, 5.41) is 13.1. The molecule has 5 nitrogen and oxygen atoms in total. The van der Waals surface area contributed by atoms with Gasteiger partial charge in [0.05, 0.1) is 10.2 Å². The monoisotopic (exact) mass is 348 g/mol. The summed E-state index contributed by atoms with van der Waals surface area (Å²) >= 11 is 2.85. The van der Waals surface area contributed by atoms with Crippen molar-refractivity contribution in [1.29, 1.82) is 0 Å². The third kappa shape index (κ3) is 4.30. The van der Waals surface area contributed by atoms with E-state index in [1.54, 1.807) is 0 Å². The van der Waals surface area contributed by atoms with Gasteiger partial charge in [0.15, 0.2) is 0 Å². The summed E-state index contributed by atoms with van der Waals surface area (Å²) in [5.41, 5.74) is -0.279. The standard InChI is InChI=1S/C12H11BrF2N2O3/c1-2-3-9(11(18)19)16-12(20)17-10-4-6(13)7(14)5-8(10)15/h2,4-5,9H,1,3H2,(H,18,19)(H2,16,17,20). The van der Waals surface area contributed by atoms with Gasteiger partial charge < -0.3 is 15.7 Å². The first kappa shape index (κ1) is 16.1. The third-order valence-electron chi connectivity index (χ3n) is 2.26. The van der Waals surface area contributed by atoms with Crippen molar-refractivity contribution < 1.29 is 23.5 Å². The van der Waals surface area contributed by atoms with E-state index in [2.05, 4.69) is 33.1 Å². The Bertz CT molecular complexity index is 552. The molecule has 1 rings (SSSR count). The highest BCUT2D eigenvalue weighted by Crippen LogP contribution is 2.23. The molecule has 0 aromatic heterocycles. The number of carboxylic acids is 1. The summed E-state index contributed by atoms with van der Waals surface area (Å²) in [7, 11) is 0. The molecule has 1 aromatic carbocycles. The minimum Gasteiger partial charge on any atom is -0.480 e. The maximum absolute atomic E-state index is 13.4. The molecule has 0 heterocycles. The summed E-state index contributed by atoms with van der Waals surface area (Å²) in [6.07, 6.45) is 1.34. The van der Waals surface area contributed by atoms with Crippen LogP contribution in [0.25, 0.3) is 0 Å². The van der Waals surface area contributed by atoms with Crippen LogP contribution in [0.15, 0.2) is 29.3 Å². The molecular weight excluding hydrogens is 338 g/mol. The summed E-state index contributed by atoms with van der Waals surface area (Å²) in [6, 6.07) is -0.470. The topological polar surface area (TPSA) is 78.4 Å². The number of amides is 2. The SMILES string of the molecule is C=CCC(NC(=O)Nc1cc(Br)c(F)cc1F)C(=O)O. The number of benzene rings is 1. The van der Waals surface area contributed by atoms with Gasteiger partial charge in [-0.3, -0.25) is 0 Å². The van der Waals surface area contributed by atoms with E-state index in [1.807, 2.05) is 0 Å². The molecule has 0 aliphatic rings. The Kier molecular flexibility index (Phi) is 5.63. The fraction of sp³-hybridized carbons (Fsp3) is 0.167. The van der Waals surface area contributed by atoms with Gasteiger partial charge in [0.2, 0.25) is 0 Å². The summed E-state index contributed by atoms with van der Waals surface area (Å²) in [6.45, 7) is 3.37. The molecule has 0 fully saturated rings. The number of rotatable bonds is 5. The van der Waals surface area contributed by atoms with Crippen LogP contribution in [0.3, 0.4) is 0 Å². The molecule has 2 amide bonds. The second kappa shape index (κ2) is 6.99. The van der Waals surface area contributed by atoms with Crippen LogP contribution in [0, 0.1) is 11.6 Å². The number of urea groups is 1. The van der Waals surface area contributed by atoms with Crippen LogP contribution in [0.2, 0.25) is 0 Å². The summed E-state index contributed by atoms with van der Waals surface area (Å²) in [4.78, 5) is 22.4. The van der Waals surface area contributed by atoms with Gasteiger partial charge in [0.25, 0.3) is 0 Å². The zero-order chi connectivity index (χ0) is 15.3. The van der Waals surface area contributed by atoms with E-state index in [-0.39, 0.29) is 16.6 Å². The van der Waals surface area contributed by atoms with Crippen molar-refractivity contribution in [2.45, 2.75) is 12.5 Å². The van der Waals surface area contributed by atoms with Crippen LogP contribution in [0.5, 0.6) is 0 Å². The zero-order valence-corrected chi connectivity index (χ0v) is 11.7. The van der Waals surface area contributed by atoms with Crippen LogP contribution >= 0.6 is 15.9 Å². The number of anilines is 1. The first-order chi connectivity index (χ1) is 9.35. The van der Waals surface area contributed by atoms with Gasteiger partial charge in [-0.15, -0.1) is 6.58 Å². The van der Waals surface area contributed by atoms with E-state index in [4.69, 9.17) is 5.11 Å². The molecule has 20 heavy (non-hydrogen) atoms. The molecule has 3 N–H and O–H groups in total. The van der Waals surface area contributed by atoms with Crippen molar-refractivity contribution >= 4 is 33.6 Å². The highest BCUT2D eigenvalue weighted by atomic mass is 79.9. The van der Waals surface area contributed by atoms with E-state index in [9.17, 15) is 18.4 Å². The smallest absolute Gasteiger partial charge is 0.326 e. The van der Waals surface area contributed by atoms with E-state index >= 15 is 0 Å². The number of carbonyl (C=O) groups is 2. The predicted molar refractivity (Wildman–Crippen MR) is 72.5 cm³/mol. The Morgan fingerprint density at radius 2 is 2.05 bits per heavy atom. The summed E-state index contributed by atoms with van der Waals surface area (Å²) in [5.74, 6) is -3.04. The van der Waals surface area contributed by atoms with Crippen molar-refractivity contribution in [2.24, 2.45) is 0 Å². The number of aliphatic carboxylic acids is 1. The third-order valence-corrected chi connectivity index (χ3v) is 2.87. The van der Waals surface area contributed by atoms with Gasteiger partial charge in [-0.05, 0) is 28.4 Å². The van der Waals surface area contributed by atoms with Crippen molar-refractivity contribution in [3.63, 3.8) is 0 Å². The second-order valence-corrected chi connectivity index (χ2v) is 4.61. The molecule has 0 aliphatic carbocycles. The quantitative estimate of drug-likeness (QED) is 0.565. The fourth-order valence-corrected chi connectivity index (χ4v) is 1.67. The van der Waals surface area contributed by atoms with E-state index < -0.39 is 29.7 Å². The normalized spacial score (nSPS) is 11.6. The lowest BCUT2D eigenvalue weighted by atomic mass is 10.2. The molecule has 1 aromatic rings. The highest BCUT2D eigenvalue weighted by molar-refractivity contribution is 9.10. The number of nitrogens with one attached hydrogen (secondary N) is 2. The number of hydrogen-bond acceptors (Lipinski definition) is 2. The van der Waals surface area contributed by atoms with Crippen LogP contribution in [-0.2, 0) is 4.79 Å². The van der Waals surface area contributed by atoms with E-state index in [1.165, 1.54) is 6.08 Å². The molecule has 0 saturated carbocycles. The molecule has 1 atom stereocenters. The first-order valence-electron chi connectivity index (χ1n) is 5.41. The molecule has 0 bridgehead atoms. The van der Waals surface area contributed by atoms with Crippen molar-refractivity contribution in [3.05, 3.63) is 40.9 Å². The number of halogens is 3. The molecule has 0 radical (unpaired) electrons. The van der Waals surface area contributed by atoms with Crippen LogP contribution in [0.4, 0.5) is 19.3 Å². The van der Waals surface area contributed by atoms with Crippen LogP contribution < -0.4 is 10.6 Å². The van der Waals surface area contributed by atoms with Crippen LogP contribution in [0.1, 0.15) is 6.42 Å². The highest BCUT2D eigenvalue weighted by Gasteiger charge is 2.19. The lowest BCUT2D eigenvalue weighted by molar-refractivity contribution is -0.139. The minimum absolute atomic E-state index is 0.0122. The zero-order valence-electron chi connectivity index (χ0n) is 10.1. The largest absolute Gasteiger partial charge is 0.480 e. The van der Waals surface area contributed by atoms with Crippen molar-refractivity contribution in [3.8, 4) is 0 Å². The minimum atomic E-state index is -1.25. The molecule has 0 spiro atoms. The molecule has 0 aliphatic heterocycles. The van der Waals surface area contributed by atoms with E-state index in [0.29, 0.717) is 6.07 Å². The molecule has 8 heteroatoms. The Labute approximate surface area is 121 Å². The Balaban J connectivity index is 2.78. The number of carboxylic acid groups (broad SMARTS) is 1. The lowest BCUT2D eigenvalue weighted by Gasteiger charge is -2.14. The van der Waals surface area contributed by atoms with Gasteiger partial charge in [0, 0.05) is 6.07 Å². The molecular formula is C12H11BrF2N2O3. The van der Waals surface area contributed by atoms with Crippen molar-refractivity contribution in [2.75, 3.05) is 5.32 Å². The lowest BCUT2D eigenvalue weighted by Crippen LogP contribution is -2.42. The van der Waals surface area contributed by atoms with Crippen LogP contribution in [-0.4, -0.2) is 23.1 Å². The van der Waals surface area contributed by atoms with Gasteiger partial charge in [-0.2, -0.15) is 0 Å². The maximum atomic E-state index is 13.4. The number of hydrogen-bond donors (Lipinski definition) is 3. The van der Waals surface area contributed by atoms with Crippen molar-refractivity contribution in [1.82, 2.24) is 5.32 Å². The van der Waals surface area contributed by atoms with Gasteiger partial charge >= 0.3 is 12.0 Å². The first-order valence-corrected chi connectivity index (χ1v) is 6.20. The van der Waals surface area contributed by atoms with Gasteiger partial charge in [0.1, 0.15) is 17.7 Å². The Hall–Kier alpha value is -1.96. The molecule has 0 saturated heterocycles. The summed E-state index contributed by atoms with van der Waals surface area (Å²) < 4.78 is 26.4. The fourth-order valence-electron chi connectivity index (χ4n) is 1.32. The average molecular weight is 349 g/mol. The predicted octanol–water partition coefficient (Wildman–Crippen LogP) is 2.88. The molecule has 108 valence electrons. The van der Waals surface area contributed by atoms with Gasteiger partial charge in [-0.25, -0.2) is 18.4 Å². The Morgan fingerprint density at radius 1 is 1.40 bits per heavy atom. The maximum Gasteiger partial charge on any atom is 0.326 e. The molecule has 1 unspecified atom stereocenters. The Morgan fingerprint density at radius 3 is 2.60 bits per heavy atom.